The number of phenolic OH excluding ortho intramolecular Hbond substituents is 1. The zero-order valence-corrected chi connectivity index (χ0v) is 8.80. The van der Waals surface area contributed by atoms with Crippen molar-refractivity contribution in [3.63, 3.8) is 0 Å². The highest BCUT2D eigenvalue weighted by Crippen LogP contribution is 2.20. The van der Waals surface area contributed by atoms with Crippen LogP contribution < -0.4 is 5.73 Å². The van der Waals surface area contributed by atoms with E-state index in [9.17, 15) is 5.11 Å². The fourth-order valence-corrected chi connectivity index (χ4v) is 1.47. The molecule has 0 radical (unpaired) electrons. The minimum absolute atomic E-state index is 0.233. The zero-order valence-electron chi connectivity index (χ0n) is 8.80. The van der Waals surface area contributed by atoms with Gasteiger partial charge in [-0.25, -0.2) is 9.97 Å². The Labute approximate surface area is 93.8 Å². The van der Waals surface area contributed by atoms with Crippen molar-refractivity contribution in [2.45, 2.75) is 6.42 Å². The summed E-state index contributed by atoms with van der Waals surface area (Å²) in [5.41, 5.74) is 7.13. The molecule has 0 atom stereocenters. The Hall–Kier alpha value is -1.94. The fraction of sp³-hybridized carbons (Fsp3) is 0.167. The molecule has 4 heteroatoms. The molecule has 2 aromatic rings. The molecule has 1 aromatic carbocycles. The fourth-order valence-electron chi connectivity index (χ4n) is 1.47. The summed E-state index contributed by atoms with van der Waals surface area (Å²) < 4.78 is 0. The summed E-state index contributed by atoms with van der Waals surface area (Å²) in [5.74, 6) is 0.958. The van der Waals surface area contributed by atoms with Crippen LogP contribution in [0.1, 0.15) is 5.82 Å². The monoisotopic (exact) mass is 215 g/mol. The van der Waals surface area contributed by atoms with Gasteiger partial charge < -0.3 is 10.8 Å². The summed E-state index contributed by atoms with van der Waals surface area (Å²) in [4.78, 5) is 8.50. The third-order valence-corrected chi connectivity index (χ3v) is 2.22. The van der Waals surface area contributed by atoms with Gasteiger partial charge in [0.15, 0.2) is 0 Å². The molecule has 0 spiro atoms. The van der Waals surface area contributed by atoms with Crippen LogP contribution >= 0.6 is 0 Å². The van der Waals surface area contributed by atoms with Crippen molar-refractivity contribution in [1.82, 2.24) is 9.97 Å². The molecule has 0 saturated heterocycles. The predicted octanol–water partition coefficient (Wildman–Crippen LogP) is 1.35. The minimum atomic E-state index is 0.233. The average molecular weight is 215 g/mol. The Balaban J connectivity index is 2.36. The van der Waals surface area contributed by atoms with Crippen LogP contribution in [0.3, 0.4) is 0 Å². The molecule has 82 valence electrons. The number of hydrogen-bond donors (Lipinski definition) is 2. The average Bonchev–Trinajstić information content (AvgIpc) is 2.30. The summed E-state index contributed by atoms with van der Waals surface area (Å²) in [5, 5.41) is 9.38. The molecule has 0 aliphatic carbocycles. The third kappa shape index (κ3) is 2.35. The van der Waals surface area contributed by atoms with E-state index in [1.807, 2.05) is 12.1 Å². The SMILES string of the molecule is NCCc1nccc(-c2cccc(O)c2)n1. The van der Waals surface area contributed by atoms with Gasteiger partial charge >= 0.3 is 0 Å². The molecule has 0 fully saturated rings. The van der Waals surface area contributed by atoms with Crippen LogP contribution in [-0.4, -0.2) is 21.6 Å². The van der Waals surface area contributed by atoms with Crippen molar-refractivity contribution in [3.05, 3.63) is 42.4 Å². The van der Waals surface area contributed by atoms with Gasteiger partial charge in [0.1, 0.15) is 11.6 Å². The Morgan fingerprint density at radius 1 is 1.25 bits per heavy atom. The second kappa shape index (κ2) is 4.72. The normalized spacial score (nSPS) is 10.3. The molecule has 0 saturated carbocycles. The first-order valence-corrected chi connectivity index (χ1v) is 5.11. The van der Waals surface area contributed by atoms with Crippen LogP contribution in [0.2, 0.25) is 0 Å². The van der Waals surface area contributed by atoms with Crippen molar-refractivity contribution in [2.24, 2.45) is 5.73 Å². The molecule has 4 nitrogen and oxygen atoms in total. The van der Waals surface area contributed by atoms with Crippen LogP contribution in [0, 0.1) is 0 Å². The van der Waals surface area contributed by atoms with Gasteiger partial charge in [-0.2, -0.15) is 0 Å². The summed E-state index contributed by atoms with van der Waals surface area (Å²) in [7, 11) is 0. The van der Waals surface area contributed by atoms with Gasteiger partial charge in [0.2, 0.25) is 0 Å². The summed E-state index contributed by atoms with van der Waals surface area (Å²) >= 11 is 0. The van der Waals surface area contributed by atoms with Gasteiger partial charge in [0.05, 0.1) is 5.69 Å². The number of hydrogen-bond acceptors (Lipinski definition) is 4. The first-order chi connectivity index (χ1) is 7.79. The van der Waals surface area contributed by atoms with E-state index in [1.54, 1.807) is 24.4 Å². The van der Waals surface area contributed by atoms with Crippen molar-refractivity contribution in [2.75, 3.05) is 6.54 Å². The molecule has 0 aliphatic heterocycles. The van der Waals surface area contributed by atoms with E-state index in [1.165, 1.54) is 0 Å². The lowest BCUT2D eigenvalue weighted by atomic mass is 10.1. The van der Waals surface area contributed by atoms with Crippen LogP contribution in [0.15, 0.2) is 36.5 Å². The van der Waals surface area contributed by atoms with E-state index < -0.39 is 0 Å². The smallest absolute Gasteiger partial charge is 0.130 e. The molecule has 0 bridgehead atoms. The van der Waals surface area contributed by atoms with Crippen molar-refractivity contribution >= 4 is 0 Å². The Morgan fingerprint density at radius 2 is 2.12 bits per heavy atom. The second-order valence-electron chi connectivity index (χ2n) is 3.45. The molecule has 2 rings (SSSR count). The van der Waals surface area contributed by atoms with E-state index >= 15 is 0 Å². The first kappa shape index (κ1) is 10.6. The van der Waals surface area contributed by atoms with Gasteiger partial charge in [-0.05, 0) is 24.7 Å². The van der Waals surface area contributed by atoms with Gasteiger partial charge in [0.25, 0.3) is 0 Å². The molecule has 1 aromatic heterocycles. The Bertz CT molecular complexity index is 485. The van der Waals surface area contributed by atoms with E-state index in [-0.39, 0.29) is 5.75 Å². The molecule has 1 heterocycles. The van der Waals surface area contributed by atoms with Gasteiger partial charge in [-0.1, -0.05) is 12.1 Å². The predicted molar refractivity (Wildman–Crippen MR) is 61.9 cm³/mol. The molecule has 0 unspecified atom stereocenters. The highest BCUT2D eigenvalue weighted by atomic mass is 16.3. The number of nitrogens with two attached hydrogens (primary N) is 1. The van der Waals surface area contributed by atoms with Gasteiger partial charge in [-0.15, -0.1) is 0 Å². The maximum absolute atomic E-state index is 9.38. The zero-order chi connectivity index (χ0) is 11.4. The summed E-state index contributed by atoms with van der Waals surface area (Å²) in [6, 6.07) is 8.80. The summed E-state index contributed by atoms with van der Waals surface area (Å²) in [6.07, 6.45) is 2.37. The van der Waals surface area contributed by atoms with Gasteiger partial charge in [-0.3, -0.25) is 0 Å². The van der Waals surface area contributed by atoms with Crippen LogP contribution in [0.4, 0.5) is 0 Å². The van der Waals surface area contributed by atoms with Crippen molar-refractivity contribution in [3.8, 4) is 17.0 Å². The number of phenols is 1. The highest BCUT2D eigenvalue weighted by Gasteiger charge is 2.02. The lowest BCUT2D eigenvalue weighted by molar-refractivity contribution is 0.475. The molecular formula is C12H13N3O. The number of nitrogens with zero attached hydrogens (tertiary/aromatic N) is 2. The largest absolute Gasteiger partial charge is 0.508 e. The van der Waals surface area contributed by atoms with E-state index in [4.69, 9.17) is 5.73 Å². The molecule has 0 amide bonds. The number of aromatic hydroxyl groups is 1. The van der Waals surface area contributed by atoms with E-state index in [0.29, 0.717) is 13.0 Å². The quantitative estimate of drug-likeness (QED) is 0.810. The minimum Gasteiger partial charge on any atom is -0.508 e. The molecule has 3 N–H and O–H groups in total. The maximum Gasteiger partial charge on any atom is 0.130 e. The Kier molecular flexibility index (Phi) is 3.12. The molecular weight excluding hydrogens is 202 g/mol. The van der Waals surface area contributed by atoms with Crippen LogP contribution in [0.25, 0.3) is 11.3 Å². The lowest BCUT2D eigenvalue weighted by Gasteiger charge is -2.03. The number of aromatic nitrogens is 2. The Morgan fingerprint density at radius 3 is 2.88 bits per heavy atom. The standard InChI is InChI=1S/C12H13N3O/c13-6-4-12-14-7-5-11(15-12)9-2-1-3-10(16)8-9/h1-3,5,7-8,16H,4,6,13H2. The second-order valence-corrected chi connectivity index (χ2v) is 3.45. The molecule has 0 aliphatic rings. The van der Waals surface area contributed by atoms with Crippen LogP contribution in [-0.2, 0) is 6.42 Å². The topological polar surface area (TPSA) is 72.0 Å². The maximum atomic E-state index is 9.38. The van der Waals surface area contributed by atoms with Gasteiger partial charge in [0, 0.05) is 18.2 Å². The van der Waals surface area contributed by atoms with Crippen molar-refractivity contribution in [1.29, 1.82) is 0 Å². The van der Waals surface area contributed by atoms with Crippen molar-refractivity contribution < 1.29 is 5.11 Å². The lowest BCUT2D eigenvalue weighted by Crippen LogP contribution is -2.06. The molecule has 16 heavy (non-hydrogen) atoms. The van der Waals surface area contributed by atoms with E-state index in [0.717, 1.165) is 17.1 Å². The number of benzene rings is 1. The van der Waals surface area contributed by atoms with E-state index in [2.05, 4.69) is 9.97 Å². The summed E-state index contributed by atoms with van der Waals surface area (Å²) in [6.45, 7) is 0.531. The third-order valence-electron chi connectivity index (χ3n) is 2.22. The number of rotatable bonds is 3. The van der Waals surface area contributed by atoms with Crippen LogP contribution in [0.5, 0.6) is 5.75 Å². The highest BCUT2D eigenvalue weighted by molar-refractivity contribution is 5.60. The first-order valence-electron chi connectivity index (χ1n) is 5.11.